The second-order valence-electron chi connectivity index (χ2n) is 6.41. The number of carbonyl (C=O) groups excluding carboxylic acids is 1. The number of anilines is 1. The summed E-state index contributed by atoms with van der Waals surface area (Å²) in [6.07, 6.45) is 2.16. The number of amides is 1. The lowest BCUT2D eigenvalue weighted by Gasteiger charge is -2.06. The molecule has 1 aromatic heterocycles. The van der Waals surface area contributed by atoms with Gasteiger partial charge in [-0.1, -0.05) is 31.0 Å². The Hall–Kier alpha value is -2.86. The van der Waals surface area contributed by atoms with Crippen molar-refractivity contribution in [3.63, 3.8) is 0 Å². The SMILES string of the molecule is CCCCOc1ccc(-c2csc(NC(=O)COc3ccc(C)cc3)n2)cc1. The Kier molecular flexibility index (Phi) is 7.03. The number of hydrogen-bond acceptors (Lipinski definition) is 5. The molecule has 6 heteroatoms. The van der Waals surface area contributed by atoms with Crippen LogP contribution in [0.15, 0.2) is 53.9 Å². The van der Waals surface area contributed by atoms with E-state index in [9.17, 15) is 4.79 Å². The first-order valence-corrected chi connectivity index (χ1v) is 10.2. The Labute approximate surface area is 169 Å². The van der Waals surface area contributed by atoms with E-state index < -0.39 is 0 Å². The Morgan fingerprint density at radius 3 is 2.43 bits per heavy atom. The summed E-state index contributed by atoms with van der Waals surface area (Å²) in [6.45, 7) is 4.82. The van der Waals surface area contributed by atoms with Crippen molar-refractivity contribution < 1.29 is 14.3 Å². The van der Waals surface area contributed by atoms with Gasteiger partial charge in [-0.3, -0.25) is 10.1 Å². The number of nitrogens with one attached hydrogen (secondary N) is 1. The van der Waals surface area contributed by atoms with E-state index in [1.165, 1.54) is 11.3 Å². The molecule has 3 aromatic rings. The molecule has 2 aromatic carbocycles. The van der Waals surface area contributed by atoms with Crippen LogP contribution in [0.5, 0.6) is 11.5 Å². The molecule has 0 fully saturated rings. The van der Waals surface area contributed by atoms with E-state index in [0.29, 0.717) is 10.9 Å². The molecule has 0 aliphatic rings. The zero-order valence-corrected chi connectivity index (χ0v) is 16.9. The normalized spacial score (nSPS) is 10.5. The number of aromatic nitrogens is 1. The van der Waals surface area contributed by atoms with Crippen molar-refractivity contribution in [1.82, 2.24) is 4.98 Å². The van der Waals surface area contributed by atoms with Gasteiger partial charge in [0, 0.05) is 10.9 Å². The van der Waals surface area contributed by atoms with E-state index in [-0.39, 0.29) is 12.5 Å². The predicted octanol–water partition coefficient (Wildman–Crippen LogP) is 5.31. The van der Waals surface area contributed by atoms with Gasteiger partial charge in [0.05, 0.1) is 12.3 Å². The highest BCUT2D eigenvalue weighted by molar-refractivity contribution is 7.14. The molecule has 0 unspecified atom stereocenters. The smallest absolute Gasteiger partial charge is 0.264 e. The molecule has 0 bridgehead atoms. The molecule has 28 heavy (non-hydrogen) atoms. The van der Waals surface area contributed by atoms with Gasteiger partial charge in [-0.2, -0.15) is 0 Å². The van der Waals surface area contributed by atoms with Gasteiger partial charge in [0.2, 0.25) is 0 Å². The fourth-order valence-corrected chi connectivity index (χ4v) is 3.19. The van der Waals surface area contributed by atoms with Gasteiger partial charge in [-0.05, 0) is 49.7 Å². The maximum atomic E-state index is 12.1. The first-order chi connectivity index (χ1) is 13.6. The molecular weight excluding hydrogens is 372 g/mol. The molecule has 3 rings (SSSR count). The number of rotatable bonds is 9. The molecular formula is C22H24N2O3S. The first-order valence-electron chi connectivity index (χ1n) is 9.32. The second-order valence-corrected chi connectivity index (χ2v) is 7.27. The van der Waals surface area contributed by atoms with Gasteiger partial charge in [-0.15, -0.1) is 11.3 Å². The van der Waals surface area contributed by atoms with Crippen LogP contribution in [0.25, 0.3) is 11.3 Å². The lowest BCUT2D eigenvalue weighted by molar-refractivity contribution is -0.118. The van der Waals surface area contributed by atoms with Crippen molar-refractivity contribution in [2.45, 2.75) is 26.7 Å². The summed E-state index contributed by atoms with van der Waals surface area (Å²) >= 11 is 1.39. The average Bonchev–Trinajstić information content (AvgIpc) is 3.17. The fourth-order valence-electron chi connectivity index (χ4n) is 2.46. The Balaban J connectivity index is 1.51. The molecule has 5 nitrogen and oxygen atoms in total. The van der Waals surface area contributed by atoms with E-state index in [1.54, 1.807) is 0 Å². The van der Waals surface area contributed by atoms with E-state index >= 15 is 0 Å². The van der Waals surface area contributed by atoms with Crippen LogP contribution in [0.1, 0.15) is 25.3 Å². The van der Waals surface area contributed by atoms with E-state index in [4.69, 9.17) is 9.47 Å². The fraction of sp³-hybridized carbons (Fsp3) is 0.273. The van der Waals surface area contributed by atoms with Crippen LogP contribution >= 0.6 is 11.3 Å². The molecule has 0 atom stereocenters. The summed E-state index contributed by atoms with van der Waals surface area (Å²) < 4.78 is 11.2. The predicted molar refractivity (Wildman–Crippen MR) is 113 cm³/mol. The number of unbranched alkanes of at least 4 members (excludes halogenated alkanes) is 1. The minimum atomic E-state index is -0.235. The van der Waals surface area contributed by atoms with Crippen LogP contribution in [-0.4, -0.2) is 24.1 Å². The highest BCUT2D eigenvalue weighted by Gasteiger charge is 2.09. The zero-order valence-electron chi connectivity index (χ0n) is 16.1. The molecule has 0 aliphatic carbocycles. The summed E-state index contributed by atoms with van der Waals surface area (Å²) in [5, 5.41) is 5.25. The van der Waals surface area contributed by atoms with Crippen molar-refractivity contribution in [2.75, 3.05) is 18.5 Å². The van der Waals surface area contributed by atoms with E-state index in [0.717, 1.165) is 42.0 Å². The minimum absolute atomic E-state index is 0.0538. The Morgan fingerprint density at radius 1 is 1.04 bits per heavy atom. The molecule has 1 heterocycles. The standard InChI is InChI=1S/C22H24N2O3S/c1-3-4-13-26-18-11-7-17(8-12-18)20-15-28-22(23-20)24-21(25)14-27-19-9-5-16(2)6-10-19/h5-12,15H,3-4,13-14H2,1-2H3,(H,23,24,25). The second kappa shape index (κ2) is 9.90. The molecule has 0 saturated carbocycles. The minimum Gasteiger partial charge on any atom is -0.494 e. The zero-order chi connectivity index (χ0) is 19.8. The molecule has 146 valence electrons. The summed E-state index contributed by atoms with van der Waals surface area (Å²) in [6, 6.07) is 15.4. The van der Waals surface area contributed by atoms with Gasteiger partial charge in [0.1, 0.15) is 11.5 Å². The van der Waals surface area contributed by atoms with Crippen molar-refractivity contribution in [3.05, 3.63) is 59.5 Å². The number of hydrogen-bond donors (Lipinski definition) is 1. The maximum absolute atomic E-state index is 12.1. The van der Waals surface area contributed by atoms with Gasteiger partial charge in [-0.25, -0.2) is 4.98 Å². The molecule has 0 radical (unpaired) electrons. The molecule has 0 aliphatic heterocycles. The van der Waals surface area contributed by atoms with Crippen LogP contribution in [0.4, 0.5) is 5.13 Å². The average molecular weight is 397 g/mol. The number of carbonyl (C=O) groups is 1. The third kappa shape index (κ3) is 5.82. The van der Waals surface area contributed by atoms with Crippen LogP contribution in [0.3, 0.4) is 0 Å². The van der Waals surface area contributed by atoms with Crippen LogP contribution in [0.2, 0.25) is 0 Å². The lowest BCUT2D eigenvalue weighted by atomic mass is 10.2. The van der Waals surface area contributed by atoms with Crippen molar-refractivity contribution in [3.8, 4) is 22.8 Å². The summed E-state index contributed by atoms with van der Waals surface area (Å²) in [5.41, 5.74) is 2.95. The van der Waals surface area contributed by atoms with Gasteiger partial charge < -0.3 is 9.47 Å². The first kappa shape index (κ1) is 19.9. The largest absolute Gasteiger partial charge is 0.494 e. The van der Waals surface area contributed by atoms with Crippen LogP contribution in [-0.2, 0) is 4.79 Å². The highest BCUT2D eigenvalue weighted by Crippen LogP contribution is 2.26. The van der Waals surface area contributed by atoms with Crippen LogP contribution in [0, 0.1) is 6.92 Å². The van der Waals surface area contributed by atoms with Crippen molar-refractivity contribution >= 4 is 22.4 Å². The Bertz CT molecular complexity index is 889. The summed E-state index contributed by atoms with van der Waals surface area (Å²) in [4.78, 5) is 16.6. The summed E-state index contributed by atoms with van der Waals surface area (Å²) in [7, 11) is 0. The van der Waals surface area contributed by atoms with Gasteiger partial charge in [0.25, 0.3) is 5.91 Å². The maximum Gasteiger partial charge on any atom is 0.264 e. The number of benzene rings is 2. The third-order valence-electron chi connectivity index (χ3n) is 4.06. The lowest BCUT2D eigenvalue weighted by Crippen LogP contribution is -2.20. The quantitative estimate of drug-likeness (QED) is 0.498. The van der Waals surface area contributed by atoms with Crippen LogP contribution < -0.4 is 14.8 Å². The number of ether oxygens (including phenoxy) is 2. The van der Waals surface area contributed by atoms with Crippen molar-refractivity contribution in [1.29, 1.82) is 0 Å². The molecule has 1 N–H and O–H groups in total. The van der Waals surface area contributed by atoms with Gasteiger partial charge in [0.15, 0.2) is 11.7 Å². The molecule has 0 spiro atoms. The molecule has 1 amide bonds. The highest BCUT2D eigenvalue weighted by atomic mass is 32.1. The molecule has 0 saturated heterocycles. The number of aryl methyl sites for hydroxylation is 1. The Morgan fingerprint density at radius 2 is 1.71 bits per heavy atom. The number of nitrogens with zero attached hydrogens (tertiary/aromatic N) is 1. The van der Waals surface area contributed by atoms with Crippen molar-refractivity contribution in [2.24, 2.45) is 0 Å². The third-order valence-corrected chi connectivity index (χ3v) is 4.82. The monoisotopic (exact) mass is 396 g/mol. The van der Waals surface area contributed by atoms with E-state index in [1.807, 2.05) is 60.8 Å². The van der Waals surface area contributed by atoms with E-state index in [2.05, 4.69) is 17.2 Å². The number of thiazole rings is 1. The van der Waals surface area contributed by atoms with Gasteiger partial charge >= 0.3 is 0 Å². The topological polar surface area (TPSA) is 60.5 Å². The summed E-state index contributed by atoms with van der Waals surface area (Å²) in [5.74, 6) is 1.29.